The van der Waals surface area contributed by atoms with E-state index >= 15 is 0 Å². The highest BCUT2D eigenvalue weighted by atomic mass is 127. The van der Waals surface area contributed by atoms with Crippen LogP contribution in [-0.4, -0.2) is 67.3 Å². The number of nitrogens with zero attached hydrogens (tertiary/aromatic N) is 3. The zero-order valence-electron chi connectivity index (χ0n) is 16.6. The van der Waals surface area contributed by atoms with Gasteiger partial charge >= 0.3 is 0 Å². The van der Waals surface area contributed by atoms with Crippen molar-refractivity contribution in [1.82, 2.24) is 20.5 Å². The third kappa shape index (κ3) is 6.54. The highest BCUT2D eigenvalue weighted by Crippen LogP contribution is 2.31. The Hall–Kier alpha value is -0.450. The van der Waals surface area contributed by atoms with Gasteiger partial charge in [0.15, 0.2) is 5.96 Å². The highest BCUT2D eigenvalue weighted by molar-refractivity contribution is 14.0. The van der Waals surface area contributed by atoms with E-state index in [4.69, 9.17) is 9.73 Å². The second kappa shape index (κ2) is 11.5. The zero-order valence-corrected chi connectivity index (χ0v) is 19.8. The molecule has 0 atom stereocenters. The summed E-state index contributed by atoms with van der Waals surface area (Å²) in [5.74, 6) is 0.922. The van der Waals surface area contributed by atoms with Crippen LogP contribution in [-0.2, 0) is 11.2 Å². The molecule has 3 heterocycles. The summed E-state index contributed by atoms with van der Waals surface area (Å²) < 4.78 is 5.64. The maximum atomic E-state index is 5.64. The summed E-state index contributed by atoms with van der Waals surface area (Å²) in [6, 6.07) is 0. The Morgan fingerprint density at radius 1 is 1.30 bits per heavy atom. The van der Waals surface area contributed by atoms with E-state index < -0.39 is 0 Å². The first-order valence-corrected chi connectivity index (χ1v) is 10.8. The largest absolute Gasteiger partial charge is 0.381 e. The molecular weight excluding hydrogens is 473 g/mol. The molecule has 0 aromatic carbocycles. The Morgan fingerprint density at radius 2 is 2.04 bits per heavy atom. The monoisotopic (exact) mass is 507 g/mol. The van der Waals surface area contributed by atoms with Crippen LogP contribution in [0.3, 0.4) is 0 Å². The lowest BCUT2D eigenvalue weighted by molar-refractivity contribution is -0.0139. The predicted molar refractivity (Wildman–Crippen MR) is 124 cm³/mol. The third-order valence-electron chi connectivity index (χ3n) is 5.38. The maximum absolute atomic E-state index is 5.64. The van der Waals surface area contributed by atoms with Gasteiger partial charge in [-0.2, -0.15) is 0 Å². The molecule has 0 amide bonds. The quantitative estimate of drug-likeness (QED) is 0.338. The molecule has 27 heavy (non-hydrogen) atoms. The number of hydrogen-bond donors (Lipinski definition) is 2. The SMILES string of the molecule is CCNC(=NCC1(N2CCCC2)CCOCC1)NCCc1ncc(C)s1.I. The molecule has 8 heteroatoms. The fourth-order valence-corrected chi connectivity index (χ4v) is 4.68. The van der Waals surface area contributed by atoms with Gasteiger partial charge in [-0.25, -0.2) is 4.98 Å². The minimum absolute atomic E-state index is 0. The van der Waals surface area contributed by atoms with Crippen LogP contribution in [0, 0.1) is 6.92 Å². The van der Waals surface area contributed by atoms with E-state index in [0.717, 1.165) is 58.1 Å². The molecule has 1 aromatic heterocycles. The van der Waals surface area contributed by atoms with E-state index in [0.29, 0.717) is 0 Å². The number of aromatic nitrogens is 1. The number of likely N-dealkylation sites (tertiary alicyclic amines) is 1. The average molecular weight is 507 g/mol. The van der Waals surface area contributed by atoms with E-state index in [-0.39, 0.29) is 29.5 Å². The van der Waals surface area contributed by atoms with Gasteiger partial charge in [-0.1, -0.05) is 0 Å². The minimum atomic E-state index is 0. The summed E-state index contributed by atoms with van der Waals surface area (Å²) in [6.45, 7) is 10.9. The van der Waals surface area contributed by atoms with Gasteiger partial charge in [-0.15, -0.1) is 35.3 Å². The van der Waals surface area contributed by atoms with Gasteiger partial charge in [0.1, 0.15) is 0 Å². The topological polar surface area (TPSA) is 61.8 Å². The number of nitrogens with one attached hydrogen (secondary N) is 2. The molecule has 3 rings (SSSR count). The molecule has 2 N–H and O–H groups in total. The molecule has 0 aliphatic carbocycles. The Bertz CT molecular complexity index is 582. The van der Waals surface area contributed by atoms with Crippen molar-refractivity contribution >= 4 is 41.3 Å². The average Bonchev–Trinajstić information content (AvgIpc) is 3.33. The van der Waals surface area contributed by atoms with Crippen molar-refractivity contribution in [2.75, 3.05) is 45.9 Å². The zero-order chi connectivity index (χ0) is 18.2. The normalized spacial score (nSPS) is 20.3. The molecular formula is C19H34IN5OS. The molecule has 2 saturated heterocycles. The number of aryl methyl sites for hydroxylation is 1. The maximum Gasteiger partial charge on any atom is 0.191 e. The second-order valence-electron chi connectivity index (χ2n) is 7.27. The van der Waals surface area contributed by atoms with Crippen molar-refractivity contribution in [3.63, 3.8) is 0 Å². The van der Waals surface area contributed by atoms with Crippen LogP contribution in [0.25, 0.3) is 0 Å². The molecule has 154 valence electrons. The van der Waals surface area contributed by atoms with Gasteiger partial charge < -0.3 is 15.4 Å². The van der Waals surface area contributed by atoms with E-state index in [2.05, 4.69) is 34.4 Å². The third-order valence-corrected chi connectivity index (χ3v) is 6.35. The summed E-state index contributed by atoms with van der Waals surface area (Å²) in [6.07, 6.45) is 7.70. The van der Waals surface area contributed by atoms with Crippen LogP contribution in [0.2, 0.25) is 0 Å². The molecule has 2 fully saturated rings. The summed E-state index contributed by atoms with van der Waals surface area (Å²) in [4.78, 5) is 13.3. The molecule has 2 aliphatic rings. The molecule has 0 saturated carbocycles. The van der Waals surface area contributed by atoms with Crippen LogP contribution in [0.5, 0.6) is 0 Å². The molecule has 6 nitrogen and oxygen atoms in total. The molecule has 0 unspecified atom stereocenters. The van der Waals surface area contributed by atoms with Crippen molar-refractivity contribution in [3.05, 3.63) is 16.1 Å². The van der Waals surface area contributed by atoms with Gasteiger partial charge in [-0.3, -0.25) is 9.89 Å². The van der Waals surface area contributed by atoms with Crippen molar-refractivity contribution in [1.29, 1.82) is 0 Å². The van der Waals surface area contributed by atoms with Gasteiger partial charge in [0.2, 0.25) is 0 Å². The first-order chi connectivity index (χ1) is 12.7. The van der Waals surface area contributed by atoms with E-state index in [9.17, 15) is 0 Å². The Labute approximate surface area is 184 Å². The molecule has 2 aliphatic heterocycles. The summed E-state index contributed by atoms with van der Waals surface area (Å²) in [7, 11) is 0. The Balaban J connectivity index is 0.00000261. The molecule has 1 aromatic rings. The number of guanidine groups is 1. The van der Waals surface area contributed by atoms with E-state index in [1.54, 1.807) is 11.3 Å². The van der Waals surface area contributed by atoms with Crippen molar-refractivity contribution in [2.45, 2.75) is 51.5 Å². The van der Waals surface area contributed by atoms with Crippen LogP contribution < -0.4 is 10.6 Å². The lowest BCUT2D eigenvalue weighted by Crippen LogP contribution is -2.54. The Morgan fingerprint density at radius 3 is 2.67 bits per heavy atom. The highest BCUT2D eigenvalue weighted by Gasteiger charge is 2.39. The summed E-state index contributed by atoms with van der Waals surface area (Å²) >= 11 is 1.77. The Kier molecular flexibility index (Phi) is 9.75. The number of aliphatic imine (C=N–C) groups is 1. The van der Waals surface area contributed by atoms with Crippen molar-refractivity contribution < 1.29 is 4.74 Å². The van der Waals surface area contributed by atoms with Crippen molar-refractivity contribution in [3.8, 4) is 0 Å². The van der Waals surface area contributed by atoms with E-state index in [1.807, 2.05) is 6.20 Å². The second-order valence-corrected chi connectivity index (χ2v) is 8.59. The number of ether oxygens (including phenoxy) is 1. The number of halogens is 1. The first-order valence-electron chi connectivity index (χ1n) is 9.98. The molecule has 0 bridgehead atoms. The van der Waals surface area contributed by atoms with Gasteiger partial charge in [0.05, 0.1) is 11.6 Å². The van der Waals surface area contributed by atoms with Crippen LogP contribution >= 0.6 is 35.3 Å². The minimum Gasteiger partial charge on any atom is -0.381 e. The van der Waals surface area contributed by atoms with Gasteiger partial charge in [0, 0.05) is 49.3 Å². The number of rotatable bonds is 7. The van der Waals surface area contributed by atoms with Crippen LogP contribution in [0.1, 0.15) is 42.5 Å². The number of thiazole rings is 1. The fourth-order valence-electron chi connectivity index (χ4n) is 3.89. The lowest BCUT2D eigenvalue weighted by atomic mass is 9.88. The first kappa shape index (κ1) is 22.8. The van der Waals surface area contributed by atoms with Crippen LogP contribution in [0.4, 0.5) is 0 Å². The van der Waals surface area contributed by atoms with Gasteiger partial charge in [0.25, 0.3) is 0 Å². The fraction of sp³-hybridized carbons (Fsp3) is 0.789. The summed E-state index contributed by atoms with van der Waals surface area (Å²) in [5.41, 5.74) is 0.184. The van der Waals surface area contributed by atoms with Crippen LogP contribution in [0.15, 0.2) is 11.2 Å². The molecule has 0 spiro atoms. The van der Waals surface area contributed by atoms with Crippen molar-refractivity contribution in [2.24, 2.45) is 4.99 Å². The van der Waals surface area contributed by atoms with Gasteiger partial charge in [-0.05, 0) is 52.6 Å². The smallest absolute Gasteiger partial charge is 0.191 e. The van der Waals surface area contributed by atoms with E-state index in [1.165, 1.54) is 35.8 Å². The molecule has 0 radical (unpaired) electrons. The summed E-state index contributed by atoms with van der Waals surface area (Å²) in [5, 5.41) is 8.06. The lowest BCUT2D eigenvalue weighted by Gasteiger charge is -2.43. The predicted octanol–water partition coefficient (Wildman–Crippen LogP) is 2.81. The number of hydrogen-bond acceptors (Lipinski definition) is 5. The standard InChI is InChI=1S/C19H33N5OS.HI/c1-3-20-18(21-9-6-17-22-14-16(2)26-17)23-15-19(7-12-25-13-8-19)24-10-4-5-11-24;/h14H,3-13,15H2,1-2H3,(H2,20,21,23);1H.